The fourth-order valence-electron chi connectivity index (χ4n) is 4.95. The predicted octanol–water partition coefficient (Wildman–Crippen LogP) is 7.79. The van der Waals surface area contributed by atoms with Gasteiger partial charge in [0.15, 0.2) is 0 Å². The highest BCUT2D eigenvalue weighted by Gasteiger charge is 2.45. The molecule has 4 atom stereocenters. The molecule has 37 heavy (non-hydrogen) atoms. The SMILES string of the molecule is CC.CCOc1ccc(Cc2cc(C3CC(OCc4ccccc4)[C@H]4CCC4O3)ccc2Cl)cc1.CO. The molecular formula is C32H41ClO4. The maximum atomic E-state index is 7.00. The van der Waals surface area contributed by atoms with E-state index in [9.17, 15) is 0 Å². The Bertz CT molecular complexity index is 1050. The van der Waals surface area contributed by atoms with Crippen molar-refractivity contribution in [1.82, 2.24) is 0 Å². The lowest BCUT2D eigenvalue weighted by atomic mass is 9.73. The molecule has 3 aromatic rings. The predicted molar refractivity (Wildman–Crippen MR) is 151 cm³/mol. The van der Waals surface area contributed by atoms with Crippen molar-refractivity contribution in [2.24, 2.45) is 5.92 Å². The topological polar surface area (TPSA) is 47.9 Å². The Hall–Kier alpha value is -2.37. The van der Waals surface area contributed by atoms with Crippen LogP contribution in [0.2, 0.25) is 5.02 Å². The van der Waals surface area contributed by atoms with Crippen molar-refractivity contribution >= 4 is 11.6 Å². The van der Waals surface area contributed by atoms with Crippen LogP contribution < -0.4 is 4.74 Å². The van der Waals surface area contributed by atoms with E-state index in [1.807, 2.05) is 45.0 Å². The van der Waals surface area contributed by atoms with E-state index in [4.69, 9.17) is 30.9 Å². The molecule has 200 valence electrons. The Morgan fingerprint density at radius 2 is 1.65 bits per heavy atom. The second-order valence-electron chi connectivity index (χ2n) is 9.08. The van der Waals surface area contributed by atoms with Crippen LogP contribution >= 0.6 is 11.6 Å². The molecule has 1 heterocycles. The maximum absolute atomic E-state index is 7.00. The van der Waals surface area contributed by atoms with Gasteiger partial charge in [-0.05, 0) is 66.6 Å². The molecule has 0 spiro atoms. The van der Waals surface area contributed by atoms with Crippen molar-refractivity contribution < 1.29 is 19.3 Å². The zero-order valence-corrected chi connectivity index (χ0v) is 23.3. The van der Waals surface area contributed by atoms with Crippen molar-refractivity contribution in [2.75, 3.05) is 13.7 Å². The van der Waals surface area contributed by atoms with Crippen molar-refractivity contribution in [3.63, 3.8) is 0 Å². The van der Waals surface area contributed by atoms with Gasteiger partial charge in [-0.3, -0.25) is 0 Å². The van der Waals surface area contributed by atoms with Gasteiger partial charge < -0.3 is 19.3 Å². The van der Waals surface area contributed by atoms with Crippen LogP contribution in [-0.2, 0) is 22.5 Å². The number of aliphatic hydroxyl groups is 1. The van der Waals surface area contributed by atoms with E-state index in [-0.39, 0.29) is 12.2 Å². The summed E-state index contributed by atoms with van der Waals surface area (Å²) in [6.45, 7) is 7.33. The van der Waals surface area contributed by atoms with Crippen molar-refractivity contribution in [3.8, 4) is 5.75 Å². The first kappa shape index (κ1) is 29.2. The van der Waals surface area contributed by atoms with Crippen LogP contribution in [0.15, 0.2) is 72.8 Å². The molecule has 1 aliphatic heterocycles. The van der Waals surface area contributed by atoms with E-state index < -0.39 is 0 Å². The summed E-state index contributed by atoms with van der Waals surface area (Å²) in [5, 5.41) is 7.79. The maximum Gasteiger partial charge on any atom is 0.119 e. The van der Waals surface area contributed by atoms with Gasteiger partial charge in [0, 0.05) is 24.5 Å². The number of benzene rings is 3. The minimum atomic E-state index is 0.0451. The quantitative estimate of drug-likeness (QED) is 0.326. The monoisotopic (exact) mass is 524 g/mol. The number of hydrogen-bond donors (Lipinski definition) is 1. The summed E-state index contributed by atoms with van der Waals surface area (Å²) in [7, 11) is 1.00. The molecule has 0 bridgehead atoms. The van der Waals surface area contributed by atoms with E-state index in [1.165, 1.54) is 23.1 Å². The fourth-order valence-corrected chi connectivity index (χ4v) is 5.13. The number of aliphatic hydroxyl groups excluding tert-OH is 1. The second-order valence-corrected chi connectivity index (χ2v) is 9.49. The molecule has 1 N–H and O–H groups in total. The molecule has 0 amide bonds. The largest absolute Gasteiger partial charge is 0.494 e. The molecule has 3 unspecified atom stereocenters. The fraction of sp³-hybridized carbons (Fsp3) is 0.438. The molecule has 1 saturated heterocycles. The van der Waals surface area contributed by atoms with Gasteiger partial charge in [-0.25, -0.2) is 0 Å². The third-order valence-corrected chi connectivity index (χ3v) is 7.27. The molecule has 0 radical (unpaired) electrons. The molecule has 2 fully saturated rings. The Morgan fingerprint density at radius 3 is 2.30 bits per heavy atom. The van der Waals surface area contributed by atoms with E-state index in [0.717, 1.165) is 42.7 Å². The van der Waals surface area contributed by atoms with Gasteiger partial charge >= 0.3 is 0 Å². The molecule has 1 aliphatic carbocycles. The Labute approximate surface area is 227 Å². The normalized spacial score (nSPS) is 21.8. The highest BCUT2D eigenvalue weighted by Crippen LogP contribution is 2.46. The Balaban J connectivity index is 0.000000907. The number of hydrogen-bond acceptors (Lipinski definition) is 4. The minimum Gasteiger partial charge on any atom is -0.494 e. The van der Waals surface area contributed by atoms with Gasteiger partial charge in [0.05, 0.1) is 31.5 Å². The lowest BCUT2D eigenvalue weighted by Gasteiger charge is -2.48. The van der Waals surface area contributed by atoms with Crippen molar-refractivity contribution in [2.45, 2.75) is 71.4 Å². The zero-order valence-electron chi connectivity index (χ0n) is 22.5. The van der Waals surface area contributed by atoms with Crippen LogP contribution in [0.1, 0.15) is 68.4 Å². The zero-order chi connectivity index (χ0) is 26.6. The summed E-state index contributed by atoms with van der Waals surface area (Å²) in [5.74, 6) is 1.41. The van der Waals surface area contributed by atoms with Gasteiger partial charge in [-0.15, -0.1) is 0 Å². The standard InChI is InChI=1S/C29H31ClO3.C2H6.CH4O/c1-2-31-24-11-8-20(9-12-24)16-23-17-22(10-14-26(23)30)28-18-29(25-13-15-27(25)33-28)32-19-21-6-4-3-5-7-21;2*1-2/h3-12,14,17,25,27-29H,2,13,15-16,18-19H2,1H3;1-2H3;2H,1H3/t25-,27?,28?,29?;;/m0../s1. The molecule has 5 rings (SSSR count). The van der Waals surface area contributed by atoms with Gasteiger partial charge in [-0.1, -0.05) is 80.0 Å². The Morgan fingerprint density at radius 1 is 0.919 bits per heavy atom. The van der Waals surface area contributed by atoms with Crippen molar-refractivity contribution in [1.29, 1.82) is 0 Å². The summed E-state index contributed by atoms with van der Waals surface area (Å²) in [6.07, 6.45) is 4.56. The summed E-state index contributed by atoms with van der Waals surface area (Å²) < 4.78 is 18.5. The van der Waals surface area contributed by atoms with E-state index in [0.29, 0.717) is 25.2 Å². The first-order valence-corrected chi connectivity index (χ1v) is 13.8. The summed E-state index contributed by atoms with van der Waals surface area (Å²) in [6, 6.07) is 25.0. The molecule has 1 saturated carbocycles. The number of halogens is 1. The highest BCUT2D eigenvalue weighted by molar-refractivity contribution is 6.31. The van der Waals surface area contributed by atoms with Gasteiger partial charge in [0.1, 0.15) is 5.75 Å². The highest BCUT2D eigenvalue weighted by atomic mass is 35.5. The lowest BCUT2D eigenvalue weighted by Crippen LogP contribution is -2.48. The van der Waals surface area contributed by atoms with E-state index in [1.54, 1.807) is 0 Å². The second kappa shape index (κ2) is 15.1. The lowest BCUT2D eigenvalue weighted by molar-refractivity contribution is -0.197. The average Bonchev–Trinajstić information content (AvgIpc) is 2.93. The third kappa shape index (κ3) is 7.81. The molecule has 0 aromatic heterocycles. The molecular weight excluding hydrogens is 484 g/mol. The average molecular weight is 525 g/mol. The number of fused-ring (bicyclic) bond motifs is 1. The first-order valence-electron chi connectivity index (χ1n) is 13.5. The van der Waals surface area contributed by atoms with E-state index in [2.05, 4.69) is 48.5 Å². The summed E-state index contributed by atoms with van der Waals surface area (Å²) >= 11 is 6.59. The first-order chi connectivity index (χ1) is 18.2. The van der Waals surface area contributed by atoms with Crippen LogP contribution in [0.3, 0.4) is 0 Å². The van der Waals surface area contributed by atoms with Crippen LogP contribution in [0, 0.1) is 5.92 Å². The van der Waals surface area contributed by atoms with Gasteiger partial charge in [0.2, 0.25) is 0 Å². The summed E-state index contributed by atoms with van der Waals surface area (Å²) in [4.78, 5) is 0. The number of rotatable bonds is 8. The van der Waals surface area contributed by atoms with Crippen LogP contribution in [0.25, 0.3) is 0 Å². The molecule has 4 nitrogen and oxygen atoms in total. The van der Waals surface area contributed by atoms with Crippen LogP contribution in [0.4, 0.5) is 0 Å². The third-order valence-electron chi connectivity index (χ3n) is 6.90. The van der Waals surface area contributed by atoms with Crippen molar-refractivity contribution in [3.05, 3.63) is 100 Å². The molecule has 2 aliphatic rings. The van der Waals surface area contributed by atoms with Crippen LogP contribution in [0.5, 0.6) is 5.75 Å². The molecule has 3 aromatic carbocycles. The Kier molecular flexibility index (Phi) is 11.9. The van der Waals surface area contributed by atoms with E-state index >= 15 is 0 Å². The van der Waals surface area contributed by atoms with Gasteiger partial charge in [0.25, 0.3) is 0 Å². The molecule has 5 heteroatoms. The number of ether oxygens (including phenoxy) is 3. The summed E-state index contributed by atoms with van der Waals surface area (Å²) in [5.41, 5.74) is 4.75. The minimum absolute atomic E-state index is 0.0451. The van der Waals surface area contributed by atoms with Crippen LogP contribution in [-0.4, -0.2) is 31.0 Å². The smallest absolute Gasteiger partial charge is 0.119 e. The van der Waals surface area contributed by atoms with Gasteiger partial charge in [-0.2, -0.15) is 0 Å².